The number of hydrogen-bond acceptors (Lipinski definition) is 4. The Balaban J connectivity index is 2.24. The highest BCUT2D eigenvalue weighted by molar-refractivity contribution is 6.04. The van der Waals surface area contributed by atoms with Crippen molar-refractivity contribution < 1.29 is 4.79 Å². The maximum Gasteiger partial charge on any atom is 0.257 e. The van der Waals surface area contributed by atoms with Gasteiger partial charge in [-0.05, 0) is 37.3 Å². The van der Waals surface area contributed by atoms with Crippen LogP contribution < -0.4 is 11.1 Å². The lowest BCUT2D eigenvalue weighted by Gasteiger charge is -2.07. The minimum absolute atomic E-state index is 0.311. The molecule has 94 valence electrons. The summed E-state index contributed by atoms with van der Waals surface area (Å²) in [7, 11) is 0. The van der Waals surface area contributed by atoms with Crippen LogP contribution in [0.3, 0.4) is 0 Å². The number of pyridine rings is 1. The topological polar surface area (TPSA) is 91.8 Å². The fourth-order valence-corrected chi connectivity index (χ4v) is 1.56. The fraction of sp³-hybridized carbons (Fsp3) is 0.0714. The molecule has 0 aliphatic rings. The Morgan fingerprint density at radius 3 is 2.79 bits per heavy atom. The predicted octanol–water partition coefficient (Wildman–Crippen LogP) is 2.10. The zero-order chi connectivity index (χ0) is 13.8. The highest BCUT2D eigenvalue weighted by Crippen LogP contribution is 2.18. The van der Waals surface area contributed by atoms with E-state index >= 15 is 0 Å². The summed E-state index contributed by atoms with van der Waals surface area (Å²) in [4.78, 5) is 16.0. The summed E-state index contributed by atoms with van der Waals surface area (Å²) in [6, 6.07) is 10.2. The van der Waals surface area contributed by atoms with Gasteiger partial charge < -0.3 is 11.1 Å². The Kier molecular flexibility index (Phi) is 3.44. The SMILES string of the molecule is Cc1ccc(C(=O)Nc2ccc(N)cc2C#N)cn1. The first-order valence-electron chi connectivity index (χ1n) is 5.64. The van der Waals surface area contributed by atoms with Crippen molar-refractivity contribution in [3.8, 4) is 6.07 Å². The van der Waals surface area contributed by atoms with Gasteiger partial charge in [-0.25, -0.2) is 0 Å². The summed E-state index contributed by atoms with van der Waals surface area (Å²) in [5, 5.41) is 11.7. The van der Waals surface area contributed by atoms with Crippen LogP contribution in [-0.4, -0.2) is 10.9 Å². The molecule has 0 unspecified atom stereocenters. The van der Waals surface area contributed by atoms with Crippen LogP contribution in [0.4, 0.5) is 11.4 Å². The van der Waals surface area contributed by atoms with E-state index < -0.39 is 0 Å². The molecule has 0 atom stereocenters. The molecule has 3 N–H and O–H groups in total. The molecular formula is C14H12N4O. The minimum atomic E-state index is -0.311. The quantitative estimate of drug-likeness (QED) is 0.800. The van der Waals surface area contributed by atoms with Crippen LogP contribution in [0.5, 0.6) is 0 Å². The third-order valence-electron chi connectivity index (χ3n) is 2.59. The van der Waals surface area contributed by atoms with Gasteiger partial charge >= 0.3 is 0 Å². The van der Waals surface area contributed by atoms with E-state index in [1.165, 1.54) is 12.3 Å². The molecule has 0 aliphatic heterocycles. The maximum absolute atomic E-state index is 12.0. The molecule has 0 aliphatic carbocycles. The second kappa shape index (κ2) is 5.19. The standard InChI is InChI=1S/C14H12N4O/c1-9-2-3-10(8-17-9)14(19)18-13-5-4-12(16)6-11(13)7-15/h2-6,8H,16H2,1H3,(H,18,19). The van der Waals surface area contributed by atoms with Gasteiger partial charge in [0.1, 0.15) is 6.07 Å². The zero-order valence-corrected chi connectivity index (χ0v) is 10.3. The van der Waals surface area contributed by atoms with Gasteiger partial charge in [0.15, 0.2) is 0 Å². The Labute approximate surface area is 110 Å². The van der Waals surface area contributed by atoms with Gasteiger partial charge in [0.05, 0.1) is 16.8 Å². The average molecular weight is 252 g/mol. The lowest BCUT2D eigenvalue weighted by Crippen LogP contribution is -2.13. The van der Waals surface area contributed by atoms with Crippen molar-refractivity contribution in [2.75, 3.05) is 11.1 Å². The van der Waals surface area contributed by atoms with Gasteiger partial charge in [0.2, 0.25) is 0 Å². The summed E-state index contributed by atoms with van der Waals surface area (Å²) in [6.07, 6.45) is 1.49. The highest BCUT2D eigenvalue weighted by Gasteiger charge is 2.09. The molecule has 19 heavy (non-hydrogen) atoms. The molecule has 5 heteroatoms. The van der Waals surface area contributed by atoms with Crippen LogP contribution >= 0.6 is 0 Å². The average Bonchev–Trinajstić information content (AvgIpc) is 2.41. The Hall–Kier alpha value is -2.87. The van der Waals surface area contributed by atoms with Crippen molar-refractivity contribution in [1.82, 2.24) is 4.98 Å². The number of anilines is 2. The van der Waals surface area contributed by atoms with E-state index in [2.05, 4.69) is 10.3 Å². The molecule has 0 saturated carbocycles. The Bertz CT molecular complexity index is 656. The molecule has 0 fully saturated rings. The number of nitrogens with two attached hydrogens (primary N) is 1. The number of aryl methyl sites for hydroxylation is 1. The van der Waals surface area contributed by atoms with Gasteiger partial charge in [0.25, 0.3) is 5.91 Å². The summed E-state index contributed by atoms with van der Waals surface area (Å²) in [6.45, 7) is 1.84. The number of carbonyl (C=O) groups excluding carboxylic acids is 1. The smallest absolute Gasteiger partial charge is 0.257 e. The molecule has 5 nitrogen and oxygen atoms in total. The predicted molar refractivity (Wildman–Crippen MR) is 72.5 cm³/mol. The molecule has 0 radical (unpaired) electrons. The monoisotopic (exact) mass is 252 g/mol. The molecule has 0 spiro atoms. The molecule has 1 heterocycles. The molecule has 0 saturated heterocycles. The van der Waals surface area contributed by atoms with Gasteiger partial charge in [-0.3, -0.25) is 9.78 Å². The largest absolute Gasteiger partial charge is 0.399 e. The summed E-state index contributed by atoms with van der Waals surface area (Å²) in [5.74, 6) is -0.311. The number of carbonyl (C=O) groups is 1. The van der Waals surface area contributed by atoms with E-state index in [9.17, 15) is 4.79 Å². The first-order valence-corrected chi connectivity index (χ1v) is 5.64. The second-order valence-electron chi connectivity index (χ2n) is 4.06. The Morgan fingerprint density at radius 1 is 1.37 bits per heavy atom. The van der Waals surface area contributed by atoms with E-state index in [1.807, 2.05) is 13.0 Å². The highest BCUT2D eigenvalue weighted by atomic mass is 16.1. The summed E-state index contributed by atoms with van der Waals surface area (Å²) >= 11 is 0. The number of nitriles is 1. The van der Waals surface area contributed by atoms with Gasteiger partial charge in [0, 0.05) is 17.6 Å². The number of benzene rings is 1. The van der Waals surface area contributed by atoms with E-state index in [-0.39, 0.29) is 5.91 Å². The number of nitrogens with zero attached hydrogens (tertiary/aromatic N) is 2. The number of hydrogen-bond donors (Lipinski definition) is 2. The van der Waals surface area contributed by atoms with Crippen molar-refractivity contribution >= 4 is 17.3 Å². The zero-order valence-electron chi connectivity index (χ0n) is 10.3. The van der Waals surface area contributed by atoms with Crippen LogP contribution in [0.25, 0.3) is 0 Å². The van der Waals surface area contributed by atoms with Crippen molar-refractivity contribution in [3.63, 3.8) is 0 Å². The van der Waals surface area contributed by atoms with Crippen molar-refractivity contribution in [2.24, 2.45) is 0 Å². The van der Waals surface area contributed by atoms with Gasteiger partial charge in [-0.15, -0.1) is 0 Å². The van der Waals surface area contributed by atoms with Crippen LogP contribution in [0.2, 0.25) is 0 Å². The van der Waals surface area contributed by atoms with E-state index in [1.54, 1.807) is 24.3 Å². The normalized spacial score (nSPS) is 9.68. The number of rotatable bonds is 2. The first kappa shape index (κ1) is 12.6. The third-order valence-corrected chi connectivity index (χ3v) is 2.59. The number of aromatic nitrogens is 1. The molecule has 1 aromatic heterocycles. The van der Waals surface area contributed by atoms with Crippen LogP contribution in [0.15, 0.2) is 36.5 Å². The number of nitrogens with one attached hydrogen (secondary N) is 1. The van der Waals surface area contributed by atoms with Gasteiger partial charge in [-0.1, -0.05) is 0 Å². The summed E-state index contributed by atoms with van der Waals surface area (Å²) < 4.78 is 0. The molecular weight excluding hydrogens is 240 g/mol. The lowest BCUT2D eigenvalue weighted by atomic mass is 10.1. The van der Waals surface area contributed by atoms with Crippen LogP contribution in [0.1, 0.15) is 21.6 Å². The van der Waals surface area contributed by atoms with Crippen molar-refractivity contribution in [3.05, 3.63) is 53.3 Å². The Morgan fingerprint density at radius 2 is 2.16 bits per heavy atom. The molecule has 2 aromatic rings. The fourth-order valence-electron chi connectivity index (χ4n) is 1.56. The van der Waals surface area contributed by atoms with Crippen molar-refractivity contribution in [1.29, 1.82) is 5.26 Å². The van der Waals surface area contributed by atoms with Gasteiger partial charge in [-0.2, -0.15) is 5.26 Å². The number of amides is 1. The second-order valence-corrected chi connectivity index (χ2v) is 4.06. The van der Waals surface area contributed by atoms with E-state index in [4.69, 9.17) is 11.0 Å². The van der Waals surface area contributed by atoms with E-state index in [0.29, 0.717) is 22.5 Å². The van der Waals surface area contributed by atoms with Crippen molar-refractivity contribution in [2.45, 2.75) is 6.92 Å². The minimum Gasteiger partial charge on any atom is -0.399 e. The molecule has 0 bridgehead atoms. The maximum atomic E-state index is 12.0. The van der Waals surface area contributed by atoms with Crippen LogP contribution in [-0.2, 0) is 0 Å². The molecule has 2 rings (SSSR count). The van der Waals surface area contributed by atoms with E-state index in [0.717, 1.165) is 5.69 Å². The lowest BCUT2D eigenvalue weighted by molar-refractivity contribution is 0.102. The first-order chi connectivity index (χ1) is 9.10. The third kappa shape index (κ3) is 2.87. The molecule has 1 aromatic carbocycles. The number of nitrogen functional groups attached to an aromatic ring is 1. The van der Waals surface area contributed by atoms with Crippen LogP contribution in [0, 0.1) is 18.3 Å². The summed E-state index contributed by atoms with van der Waals surface area (Å²) in [5.41, 5.74) is 8.10. The molecule has 1 amide bonds.